The second-order valence-corrected chi connectivity index (χ2v) is 4.87. The largest absolute Gasteiger partial charge is 0.494 e. The molecule has 0 unspecified atom stereocenters. The lowest BCUT2D eigenvalue weighted by atomic mass is 9.87. The molecule has 1 aromatic heterocycles. The number of aromatic nitrogens is 1. The molecule has 5 heteroatoms. The second kappa shape index (κ2) is 4.66. The Morgan fingerprint density at radius 2 is 2.00 bits per heavy atom. The van der Waals surface area contributed by atoms with Crippen molar-refractivity contribution in [3.05, 3.63) is 28.6 Å². The Morgan fingerprint density at radius 3 is 2.47 bits per heavy atom. The fourth-order valence-corrected chi connectivity index (χ4v) is 2.45. The number of fused-ring (bicyclic) bond motifs is 1. The van der Waals surface area contributed by atoms with Crippen LogP contribution in [0, 0.1) is 5.92 Å². The molecule has 0 bridgehead atoms. The number of ether oxygens (including phenoxy) is 1. The van der Waals surface area contributed by atoms with Gasteiger partial charge in [0.15, 0.2) is 11.5 Å². The SMILES string of the molecule is COc1c2c(n(C)c1CO)C(=O)C=C(C(C)C)C2=O. The first kappa shape index (κ1) is 13.5. The fourth-order valence-electron chi connectivity index (χ4n) is 2.45. The molecule has 1 aromatic rings. The van der Waals surface area contributed by atoms with Gasteiger partial charge in [-0.05, 0) is 12.0 Å². The van der Waals surface area contributed by atoms with E-state index in [1.54, 1.807) is 7.05 Å². The number of ketones is 2. The van der Waals surface area contributed by atoms with Crippen molar-refractivity contribution in [1.82, 2.24) is 4.57 Å². The van der Waals surface area contributed by atoms with Crippen LogP contribution in [0.2, 0.25) is 0 Å². The summed E-state index contributed by atoms with van der Waals surface area (Å²) in [6, 6.07) is 0. The van der Waals surface area contributed by atoms with E-state index in [2.05, 4.69) is 0 Å². The van der Waals surface area contributed by atoms with Gasteiger partial charge in [0.2, 0.25) is 5.78 Å². The van der Waals surface area contributed by atoms with Crippen LogP contribution in [0.1, 0.15) is 40.4 Å². The number of hydrogen-bond donors (Lipinski definition) is 1. The monoisotopic (exact) mass is 263 g/mol. The molecule has 0 atom stereocenters. The summed E-state index contributed by atoms with van der Waals surface area (Å²) in [6.07, 6.45) is 1.38. The number of hydrogen-bond acceptors (Lipinski definition) is 4. The molecule has 0 fully saturated rings. The average molecular weight is 263 g/mol. The lowest BCUT2D eigenvalue weighted by Gasteiger charge is -2.16. The van der Waals surface area contributed by atoms with E-state index in [1.807, 2.05) is 13.8 Å². The van der Waals surface area contributed by atoms with Gasteiger partial charge in [0, 0.05) is 12.6 Å². The number of nitrogens with zero attached hydrogens (tertiary/aromatic N) is 1. The summed E-state index contributed by atoms with van der Waals surface area (Å²) in [7, 11) is 3.08. The minimum Gasteiger partial charge on any atom is -0.494 e. The van der Waals surface area contributed by atoms with E-state index in [0.29, 0.717) is 17.0 Å². The molecule has 0 aliphatic heterocycles. The normalized spacial score (nSPS) is 14.7. The van der Waals surface area contributed by atoms with Crippen molar-refractivity contribution in [2.24, 2.45) is 13.0 Å². The van der Waals surface area contributed by atoms with E-state index in [-0.39, 0.29) is 35.3 Å². The third kappa shape index (κ3) is 1.81. The number of methoxy groups -OCH3 is 1. The first-order valence-corrected chi connectivity index (χ1v) is 6.11. The molecule has 1 aliphatic rings. The number of carbonyl (C=O) groups excluding carboxylic acids is 2. The summed E-state index contributed by atoms with van der Waals surface area (Å²) in [6.45, 7) is 3.44. The standard InChI is InChI=1S/C14H17NO4/c1-7(2)8-5-10(17)12-11(13(8)18)14(19-4)9(6-16)15(12)3/h5,7,16H,6H2,1-4H3. The molecule has 0 spiro atoms. The van der Waals surface area contributed by atoms with Crippen molar-refractivity contribution in [2.75, 3.05) is 7.11 Å². The molecule has 0 amide bonds. The third-order valence-electron chi connectivity index (χ3n) is 3.45. The Kier molecular flexibility index (Phi) is 3.32. The summed E-state index contributed by atoms with van der Waals surface area (Å²) < 4.78 is 6.75. The summed E-state index contributed by atoms with van der Waals surface area (Å²) in [5.74, 6) is -0.160. The quantitative estimate of drug-likeness (QED) is 0.897. The zero-order valence-corrected chi connectivity index (χ0v) is 11.5. The first-order valence-electron chi connectivity index (χ1n) is 6.11. The first-order chi connectivity index (χ1) is 8.93. The molecule has 1 heterocycles. The lowest BCUT2D eigenvalue weighted by molar-refractivity contribution is 0.0970. The van der Waals surface area contributed by atoms with Crippen LogP contribution >= 0.6 is 0 Å². The van der Waals surface area contributed by atoms with Crippen LogP contribution in [0.4, 0.5) is 0 Å². The number of rotatable bonds is 3. The van der Waals surface area contributed by atoms with Crippen molar-refractivity contribution in [2.45, 2.75) is 20.5 Å². The van der Waals surface area contributed by atoms with Crippen LogP contribution < -0.4 is 4.74 Å². The van der Waals surface area contributed by atoms with E-state index in [9.17, 15) is 14.7 Å². The van der Waals surface area contributed by atoms with Gasteiger partial charge in [-0.15, -0.1) is 0 Å². The third-order valence-corrected chi connectivity index (χ3v) is 3.45. The van der Waals surface area contributed by atoms with Crippen LogP contribution in [-0.4, -0.2) is 28.3 Å². The molecule has 2 rings (SSSR count). The van der Waals surface area contributed by atoms with Gasteiger partial charge in [-0.2, -0.15) is 0 Å². The number of allylic oxidation sites excluding steroid dienone is 2. The number of aliphatic hydroxyl groups is 1. The van der Waals surface area contributed by atoms with Crippen LogP contribution in [-0.2, 0) is 13.7 Å². The van der Waals surface area contributed by atoms with Crippen LogP contribution in [0.25, 0.3) is 0 Å². The van der Waals surface area contributed by atoms with Gasteiger partial charge in [-0.25, -0.2) is 0 Å². The summed E-state index contributed by atoms with van der Waals surface area (Å²) in [5.41, 5.74) is 1.47. The average Bonchev–Trinajstić information content (AvgIpc) is 2.66. The van der Waals surface area contributed by atoms with Crippen molar-refractivity contribution >= 4 is 11.6 Å². The molecular formula is C14H17NO4. The lowest BCUT2D eigenvalue weighted by Crippen LogP contribution is -2.21. The Morgan fingerprint density at radius 1 is 1.37 bits per heavy atom. The number of carbonyl (C=O) groups is 2. The van der Waals surface area contributed by atoms with E-state index in [4.69, 9.17) is 4.74 Å². The number of aliphatic hydroxyl groups excluding tert-OH is 1. The van der Waals surface area contributed by atoms with Gasteiger partial charge in [0.05, 0.1) is 25.0 Å². The predicted molar refractivity (Wildman–Crippen MR) is 69.5 cm³/mol. The highest BCUT2D eigenvalue weighted by Gasteiger charge is 2.35. The Balaban J connectivity index is 2.74. The minimum atomic E-state index is -0.287. The highest BCUT2D eigenvalue weighted by Crippen LogP contribution is 2.36. The fraction of sp³-hybridized carbons (Fsp3) is 0.429. The minimum absolute atomic E-state index is 0.0351. The summed E-state index contributed by atoms with van der Waals surface area (Å²) >= 11 is 0. The predicted octanol–water partition coefficient (Wildman–Crippen LogP) is 1.49. The van der Waals surface area contributed by atoms with Crippen molar-refractivity contribution in [3.8, 4) is 5.75 Å². The zero-order chi connectivity index (χ0) is 14.3. The molecule has 5 nitrogen and oxygen atoms in total. The van der Waals surface area contributed by atoms with Crippen molar-refractivity contribution in [1.29, 1.82) is 0 Å². The number of Topliss-reactive ketones (excluding diaryl/α,β-unsaturated/α-hetero) is 1. The summed E-state index contributed by atoms with van der Waals surface area (Å²) in [5, 5.41) is 9.39. The van der Waals surface area contributed by atoms with Crippen molar-refractivity contribution in [3.63, 3.8) is 0 Å². The Labute approximate surface area is 111 Å². The van der Waals surface area contributed by atoms with E-state index in [1.165, 1.54) is 17.8 Å². The van der Waals surface area contributed by atoms with Gasteiger partial charge < -0.3 is 14.4 Å². The molecule has 0 saturated carbocycles. The van der Waals surface area contributed by atoms with Gasteiger partial charge in [0.1, 0.15) is 5.69 Å². The molecule has 1 N–H and O–H groups in total. The Bertz CT molecular complexity index is 593. The van der Waals surface area contributed by atoms with E-state index in [0.717, 1.165) is 0 Å². The topological polar surface area (TPSA) is 68.5 Å². The van der Waals surface area contributed by atoms with Gasteiger partial charge in [-0.3, -0.25) is 9.59 Å². The van der Waals surface area contributed by atoms with Crippen LogP contribution in [0.15, 0.2) is 11.6 Å². The maximum Gasteiger partial charge on any atom is 0.203 e. The molecule has 102 valence electrons. The maximum atomic E-state index is 12.5. The molecule has 0 radical (unpaired) electrons. The van der Waals surface area contributed by atoms with Gasteiger partial charge >= 0.3 is 0 Å². The van der Waals surface area contributed by atoms with Gasteiger partial charge in [0.25, 0.3) is 0 Å². The Hall–Kier alpha value is -1.88. The smallest absolute Gasteiger partial charge is 0.203 e. The molecular weight excluding hydrogens is 246 g/mol. The zero-order valence-electron chi connectivity index (χ0n) is 11.5. The van der Waals surface area contributed by atoms with E-state index >= 15 is 0 Å². The molecule has 0 saturated heterocycles. The molecule has 19 heavy (non-hydrogen) atoms. The van der Waals surface area contributed by atoms with Gasteiger partial charge in [-0.1, -0.05) is 13.8 Å². The van der Waals surface area contributed by atoms with Crippen molar-refractivity contribution < 1.29 is 19.4 Å². The summed E-state index contributed by atoms with van der Waals surface area (Å²) in [4.78, 5) is 24.6. The van der Waals surface area contributed by atoms with Crippen LogP contribution in [0.5, 0.6) is 5.75 Å². The second-order valence-electron chi connectivity index (χ2n) is 4.87. The highest BCUT2D eigenvalue weighted by atomic mass is 16.5. The highest BCUT2D eigenvalue weighted by molar-refractivity contribution is 6.25. The molecule has 1 aliphatic carbocycles. The maximum absolute atomic E-state index is 12.5. The van der Waals surface area contributed by atoms with Crippen LogP contribution in [0.3, 0.4) is 0 Å². The van der Waals surface area contributed by atoms with E-state index < -0.39 is 0 Å². The molecule has 0 aromatic carbocycles.